The minimum Gasteiger partial charge on any atom is -0.0985 e. The molecule has 0 saturated heterocycles. The molecule has 0 amide bonds. The lowest BCUT2D eigenvalue weighted by Gasteiger charge is -2.06. The molecule has 0 unspecified atom stereocenters. The van der Waals surface area contributed by atoms with Crippen molar-refractivity contribution >= 4 is 5.57 Å². The first kappa shape index (κ1) is 12.4. The van der Waals surface area contributed by atoms with Gasteiger partial charge >= 0.3 is 0 Å². The number of hydrogen-bond donors (Lipinski definition) is 0. The zero-order valence-corrected chi connectivity index (χ0v) is 10.8. The van der Waals surface area contributed by atoms with Crippen LogP contribution >= 0.6 is 0 Å². The van der Waals surface area contributed by atoms with E-state index in [2.05, 4.69) is 68.1 Å². The van der Waals surface area contributed by atoms with E-state index in [4.69, 9.17) is 0 Å². The van der Waals surface area contributed by atoms with Crippen LogP contribution in [0.1, 0.15) is 18.9 Å². The smallest absolute Gasteiger partial charge is 0.0178 e. The van der Waals surface area contributed by atoms with Crippen LogP contribution in [0.25, 0.3) is 16.7 Å². The summed E-state index contributed by atoms with van der Waals surface area (Å²) >= 11 is 0. The fourth-order valence-corrected chi connectivity index (χ4v) is 2.05. The first-order valence-electron chi connectivity index (χ1n) is 6.33. The molecule has 0 atom stereocenters. The number of rotatable bonds is 4. The topological polar surface area (TPSA) is 0 Å². The summed E-state index contributed by atoms with van der Waals surface area (Å²) in [4.78, 5) is 0. The molecule has 2 aromatic carbocycles. The third kappa shape index (κ3) is 2.78. The minimum atomic E-state index is 1.02. The first-order chi connectivity index (χ1) is 8.85. The minimum absolute atomic E-state index is 1.02. The monoisotopic (exact) mass is 234 g/mol. The Hall–Kier alpha value is -2.08. The van der Waals surface area contributed by atoms with Crippen LogP contribution in [0.3, 0.4) is 0 Å². The van der Waals surface area contributed by atoms with Crippen molar-refractivity contribution in [1.29, 1.82) is 0 Å². The maximum Gasteiger partial charge on any atom is -0.0178 e. The molecule has 0 aliphatic heterocycles. The van der Waals surface area contributed by atoms with Crippen LogP contribution in [0.15, 0.2) is 73.3 Å². The molecular weight excluding hydrogens is 216 g/mol. The van der Waals surface area contributed by atoms with Crippen molar-refractivity contribution in [1.82, 2.24) is 0 Å². The lowest BCUT2D eigenvalue weighted by Crippen LogP contribution is -1.83. The number of allylic oxidation sites excluding steroid dienone is 3. The summed E-state index contributed by atoms with van der Waals surface area (Å²) in [7, 11) is 0. The number of benzene rings is 2. The van der Waals surface area contributed by atoms with Gasteiger partial charge in [0.25, 0.3) is 0 Å². The second-order valence-electron chi connectivity index (χ2n) is 4.22. The average Bonchev–Trinajstić information content (AvgIpc) is 2.46. The highest BCUT2D eigenvalue weighted by Crippen LogP contribution is 2.24. The Kier molecular flexibility index (Phi) is 4.14. The van der Waals surface area contributed by atoms with Crippen molar-refractivity contribution in [3.8, 4) is 11.1 Å². The Labute approximate surface area is 109 Å². The maximum atomic E-state index is 3.89. The molecule has 0 spiro atoms. The summed E-state index contributed by atoms with van der Waals surface area (Å²) in [5.41, 5.74) is 4.93. The van der Waals surface area contributed by atoms with Gasteiger partial charge in [0.1, 0.15) is 0 Å². The molecule has 0 aromatic heterocycles. The van der Waals surface area contributed by atoms with E-state index >= 15 is 0 Å². The lowest BCUT2D eigenvalue weighted by molar-refractivity contribution is 1.23. The van der Waals surface area contributed by atoms with Gasteiger partial charge in [0, 0.05) is 0 Å². The highest BCUT2D eigenvalue weighted by atomic mass is 14.0. The molecule has 0 heteroatoms. The van der Waals surface area contributed by atoms with Crippen molar-refractivity contribution in [3.05, 3.63) is 78.9 Å². The molecule has 2 rings (SSSR count). The molecule has 0 heterocycles. The van der Waals surface area contributed by atoms with Gasteiger partial charge in [-0.2, -0.15) is 0 Å². The summed E-state index contributed by atoms with van der Waals surface area (Å²) < 4.78 is 0. The highest BCUT2D eigenvalue weighted by Gasteiger charge is 2.00. The van der Waals surface area contributed by atoms with Crippen molar-refractivity contribution < 1.29 is 0 Å². The van der Waals surface area contributed by atoms with Gasteiger partial charge in [-0.15, -0.1) is 0 Å². The highest BCUT2D eigenvalue weighted by molar-refractivity contribution is 5.77. The van der Waals surface area contributed by atoms with Crippen molar-refractivity contribution in [2.75, 3.05) is 0 Å². The summed E-state index contributed by atoms with van der Waals surface area (Å²) in [5.74, 6) is 0. The molecule has 0 radical (unpaired) electrons. The molecule has 18 heavy (non-hydrogen) atoms. The van der Waals surface area contributed by atoms with E-state index in [0.717, 1.165) is 6.42 Å². The summed E-state index contributed by atoms with van der Waals surface area (Å²) in [6, 6.07) is 19.0. The van der Waals surface area contributed by atoms with Crippen LogP contribution < -0.4 is 0 Å². The van der Waals surface area contributed by atoms with Gasteiger partial charge in [0.2, 0.25) is 0 Å². The zero-order valence-electron chi connectivity index (χ0n) is 10.8. The molecule has 0 fully saturated rings. The Balaban J connectivity index is 2.42. The van der Waals surface area contributed by atoms with E-state index in [0.29, 0.717) is 0 Å². The van der Waals surface area contributed by atoms with Crippen LogP contribution in [0.5, 0.6) is 0 Å². The molecule has 0 saturated carbocycles. The predicted octanol–water partition coefficient (Wildman–Crippen LogP) is 5.33. The SMILES string of the molecule is C=C/C(=C\CC)c1cccc(-c2ccccc2)c1. The second-order valence-corrected chi connectivity index (χ2v) is 4.22. The van der Waals surface area contributed by atoms with Gasteiger partial charge < -0.3 is 0 Å². The van der Waals surface area contributed by atoms with Crippen LogP contribution in [0.4, 0.5) is 0 Å². The van der Waals surface area contributed by atoms with E-state index in [9.17, 15) is 0 Å². The summed E-state index contributed by atoms with van der Waals surface area (Å²) in [6.45, 7) is 6.03. The van der Waals surface area contributed by atoms with Gasteiger partial charge in [-0.1, -0.05) is 74.2 Å². The van der Waals surface area contributed by atoms with E-state index in [1.165, 1.54) is 22.3 Å². The van der Waals surface area contributed by atoms with Crippen molar-refractivity contribution in [2.24, 2.45) is 0 Å². The Morgan fingerprint density at radius 1 is 1.00 bits per heavy atom. The predicted molar refractivity (Wildman–Crippen MR) is 80.3 cm³/mol. The van der Waals surface area contributed by atoms with E-state index in [1.54, 1.807) is 0 Å². The van der Waals surface area contributed by atoms with E-state index < -0.39 is 0 Å². The van der Waals surface area contributed by atoms with E-state index in [1.807, 2.05) is 12.1 Å². The Morgan fingerprint density at radius 3 is 2.39 bits per heavy atom. The normalized spacial score (nSPS) is 11.3. The first-order valence-corrected chi connectivity index (χ1v) is 6.33. The van der Waals surface area contributed by atoms with Crippen LogP contribution in [0.2, 0.25) is 0 Å². The standard InChI is InChI=1S/C18H18/c1-3-9-15(4-2)17-12-8-13-18(14-17)16-10-6-5-7-11-16/h4-14H,2-3H2,1H3/b15-9+. The molecule has 0 aliphatic carbocycles. The second kappa shape index (κ2) is 6.02. The quantitative estimate of drug-likeness (QED) is 0.627. The average molecular weight is 234 g/mol. The number of hydrogen-bond acceptors (Lipinski definition) is 0. The van der Waals surface area contributed by atoms with Crippen molar-refractivity contribution in [2.45, 2.75) is 13.3 Å². The van der Waals surface area contributed by atoms with Crippen LogP contribution in [0, 0.1) is 0 Å². The van der Waals surface area contributed by atoms with Gasteiger partial charge in [0.05, 0.1) is 0 Å². The lowest BCUT2D eigenvalue weighted by atomic mass is 9.98. The van der Waals surface area contributed by atoms with Crippen molar-refractivity contribution in [3.63, 3.8) is 0 Å². The third-order valence-corrected chi connectivity index (χ3v) is 2.95. The molecular formula is C18H18. The fourth-order valence-electron chi connectivity index (χ4n) is 2.05. The Bertz CT molecular complexity index is 547. The van der Waals surface area contributed by atoms with Gasteiger partial charge in [-0.05, 0) is 34.8 Å². The largest absolute Gasteiger partial charge is 0.0985 e. The van der Waals surface area contributed by atoms with Gasteiger partial charge in [0.15, 0.2) is 0 Å². The molecule has 0 nitrogen and oxygen atoms in total. The van der Waals surface area contributed by atoms with Gasteiger partial charge in [-0.25, -0.2) is 0 Å². The fraction of sp³-hybridized carbons (Fsp3) is 0.111. The van der Waals surface area contributed by atoms with Gasteiger partial charge in [-0.3, -0.25) is 0 Å². The van der Waals surface area contributed by atoms with Crippen LogP contribution in [-0.2, 0) is 0 Å². The van der Waals surface area contributed by atoms with Crippen LogP contribution in [-0.4, -0.2) is 0 Å². The summed E-state index contributed by atoms with van der Waals surface area (Å²) in [6.07, 6.45) is 5.15. The molecule has 0 bridgehead atoms. The molecule has 0 N–H and O–H groups in total. The third-order valence-electron chi connectivity index (χ3n) is 2.95. The molecule has 90 valence electrons. The zero-order chi connectivity index (χ0) is 12.8. The maximum absolute atomic E-state index is 3.89. The molecule has 2 aromatic rings. The van der Waals surface area contributed by atoms with E-state index in [-0.39, 0.29) is 0 Å². The Morgan fingerprint density at radius 2 is 1.72 bits per heavy atom. The molecule has 0 aliphatic rings. The summed E-state index contributed by atoms with van der Waals surface area (Å²) in [5, 5.41) is 0.